The SMILES string of the molecule is COc1ccc(C)cc1N1CCC(=O)CC1C. The summed E-state index contributed by atoms with van der Waals surface area (Å²) in [6.45, 7) is 4.96. The maximum Gasteiger partial charge on any atom is 0.142 e. The van der Waals surface area contributed by atoms with Gasteiger partial charge in [-0.05, 0) is 31.5 Å². The van der Waals surface area contributed by atoms with Gasteiger partial charge in [-0.3, -0.25) is 4.79 Å². The number of hydrogen-bond acceptors (Lipinski definition) is 3. The summed E-state index contributed by atoms with van der Waals surface area (Å²) in [7, 11) is 1.69. The van der Waals surface area contributed by atoms with Crippen molar-refractivity contribution in [3.63, 3.8) is 0 Å². The molecule has 92 valence electrons. The zero-order valence-corrected chi connectivity index (χ0v) is 10.7. The molecule has 17 heavy (non-hydrogen) atoms. The van der Waals surface area contributed by atoms with Crippen LogP contribution in [0.4, 0.5) is 5.69 Å². The first-order chi connectivity index (χ1) is 8.11. The lowest BCUT2D eigenvalue weighted by molar-refractivity contribution is -0.120. The zero-order valence-electron chi connectivity index (χ0n) is 10.7. The molecule has 0 bridgehead atoms. The molecule has 0 aliphatic carbocycles. The molecule has 0 radical (unpaired) electrons. The van der Waals surface area contributed by atoms with Gasteiger partial charge in [-0.25, -0.2) is 0 Å². The van der Waals surface area contributed by atoms with Crippen molar-refractivity contribution in [2.75, 3.05) is 18.6 Å². The third-order valence-corrected chi connectivity index (χ3v) is 3.33. The molecule has 1 aliphatic heterocycles. The molecule has 1 aromatic rings. The van der Waals surface area contributed by atoms with Crippen molar-refractivity contribution < 1.29 is 9.53 Å². The molecule has 1 atom stereocenters. The fourth-order valence-corrected chi connectivity index (χ4v) is 2.39. The Kier molecular flexibility index (Phi) is 3.36. The molecular weight excluding hydrogens is 214 g/mol. The van der Waals surface area contributed by atoms with Gasteiger partial charge in [0.15, 0.2) is 0 Å². The number of carbonyl (C=O) groups is 1. The number of nitrogens with zero attached hydrogens (tertiary/aromatic N) is 1. The number of ketones is 1. The Morgan fingerprint density at radius 2 is 2.18 bits per heavy atom. The Labute approximate surface area is 102 Å². The van der Waals surface area contributed by atoms with Crippen LogP contribution in [0.5, 0.6) is 5.75 Å². The zero-order chi connectivity index (χ0) is 12.4. The van der Waals surface area contributed by atoms with E-state index in [-0.39, 0.29) is 6.04 Å². The number of anilines is 1. The van der Waals surface area contributed by atoms with Crippen LogP contribution in [0, 0.1) is 6.92 Å². The molecular formula is C14H19NO2. The summed E-state index contributed by atoms with van der Waals surface area (Å²) in [6.07, 6.45) is 1.28. The third-order valence-electron chi connectivity index (χ3n) is 3.33. The number of Topliss-reactive ketones (excluding diaryl/α,β-unsaturated/α-hetero) is 1. The Balaban J connectivity index is 2.32. The Morgan fingerprint density at radius 1 is 1.41 bits per heavy atom. The smallest absolute Gasteiger partial charge is 0.142 e. The topological polar surface area (TPSA) is 29.5 Å². The van der Waals surface area contributed by atoms with Crippen LogP contribution in [-0.4, -0.2) is 25.5 Å². The van der Waals surface area contributed by atoms with Gasteiger partial charge in [0.05, 0.1) is 12.8 Å². The highest BCUT2D eigenvalue weighted by Crippen LogP contribution is 2.33. The van der Waals surface area contributed by atoms with Crippen LogP contribution in [0.2, 0.25) is 0 Å². The molecule has 0 amide bonds. The molecule has 1 unspecified atom stereocenters. The van der Waals surface area contributed by atoms with Crippen LogP contribution in [-0.2, 0) is 4.79 Å². The minimum Gasteiger partial charge on any atom is -0.495 e. The van der Waals surface area contributed by atoms with E-state index in [1.807, 2.05) is 12.1 Å². The largest absolute Gasteiger partial charge is 0.495 e. The molecule has 2 rings (SSSR count). The summed E-state index contributed by atoms with van der Waals surface area (Å²) in [5.74, 6) is 1.25. The van der Waals surface area contributed by atoms with Crippen molar-refractivity contribution >= 4 is 11.5 Å². The molecule has 1 fully saturated rings. The molecule has 3 nitrogen and oxygen atoms in total. The summed E-state index contributed by atoms with van der Waals surface area (Å²) in [5.41, 5.74) is 2.32. The first-order valence-electron chi connectivity index (χ1n) is 6.05. The molecule has 1 aliphatic rings. The highest BCUT2D eigenvalue weighted by Gasteiger charge is 2.25. The van der Waals surface area contributed by atoms with E-state index in [9.17, 15) is 4.79 Å². The van der Waals surface area contributed by atoms with Crippen LogP contribution in [0.15, 0.2) is 18.2 Å². The van der Waals surface area contributed by atoms with E-state index in [0.29, 0.717) is 18.6 Å². The van der Waals surface area contributed by atoms with Crippen molar-refractivity contribution in [1.82, 2.24) is 0 Å². The second kappa shape index (κ2) is 4.78. The van der Waals surface area contributed by atoms with Gasteiger partial charge in [0.25, 0.3) is 0 Å². The van der Waals surface area contributed by atoms with Crippen LogP contribution in [0.3, 0.4) is 0 Å². The molecule has 3 heteroatoms. The summed E-state index contributed by atoms with van der Waals surface area (Å²) < 4.78 is 5.40. The van der Waals surface area contributed by atoms with Crippen molar-refractivity contribution in [1.29, 1.82) is 0 Å². The van der Waals surface area contributed by atoms with Crippen molar-refractivity contribution in [3.05, 3.63) is 23.8 Å². The number of carbonyl (C=O) groups excluding carboxylic acids is 1. The lowest BCUT2D eigenvalue weighted by Gasteiger charge is -2.35. The van der Waals surface area contributed by atoms with Crippen LogP contribution >= 0.6 is 0 Å². The predicted octanol–water partition coefficient (Wildman–Crippen LogP) is 2.56. The van der Waals surface area contributed by atoms with E-state index in [1.54, 1.807) is 7.11 Å². The molecule has 0 spiro atoms. The monoisotopic (exact) mass is 233 g/mol. The first-order valence-corrected chi connectivity index (χ1v) is 6.05. The number of methoxy groups -OCH3 is 1. The normalized spacial score (nSPS) is 20.5. The van der Waals surface area contributed by atoms with E-state index < -0.39 is 0 Å². The lowest BCUT2D eigenvalue weighted by atomic mass is 10.0. The highest BCUT2D eigenvalue weighted by atomic mass is 16.5. The summed E-state index contributed by atoms with van der Waals surface area (Å²) in [6, 6.07) is 6.42. The summed E-state index contributed by atoms with van der Waals surface area (Å²) in [4.78, 5) is 13.7. The predicted molar refractivity (Wildman–Crippen MR) is 68.8 cm³/mol. The Bertz CT molecular complexity index is 428. The number of piperidine rings is 1. The third kappa shape index (κ3) is 2.43. The number of benzene rings is 1. The number of aryl methyl sites for hydroxylation is 1. The van der Waals surface area contributed by atoms with E-state index in [4.69, 9.17) is 4.74 Å². The van der Waals surface area contributed by atoms with E-state index >= 15 is 0 Å². The Hall–Kier alpha value is -1.51. The molecule has 0 saturated carbocycles. The second-order valence-electron chi connectivity index (χ2n) is 4.71. The molecule has 1 heterocycles. The number of rotatable bonds is 2. The molecule has 1 aromatic carbocycles. The second-order valence-corrected chi connectivity index (χ2v) is 4.71. The maximum absolute atomic E-state index is 11.4. The number of ether oxygens (including phenoxy) is 1. The van der Waals surface area contributed by atoms with Gasteiger partial charge >= 0.3 is 0 Å². The summed E-state index contributed by atoms with van der Waals surface area (Å²) in [5, 5.41) is 0. The van der Waals surface area contributed by atoms with Gasteiger partial charge in [-0.15, -0.1) is 0 Å². The first kappa shape index (κ1) is 12.0. The molecule has 0 aromatic heterocycles. The maximum atomic E-state index is 11.4. The standard InChI is InChI=1S/C14H19NO2/c1-10-4-5-14(17-3)13(8-10)15-7-6-12(16)9-11(15)2/h4-5,8,11H,6-7,9H2,1-3H3. The van der Waals surface area contributed by atoms with E-state index in [0.717, 1.165) is 18.0 Å². The fourth-order valence-electron chi connectivity index (χ4n) is 2.39. The minimum atomic E-state index is 0.256. The average molecular weight is 233 g/mol. The van der Waals surface area contributed by atoms with Gasteiger partial charge in [-0.2, -0.15) is 0 Å². The van der Waals surface area contributed by atoms with Crippen LogP contribution in [0.1, 0.15) is 25.3 Å². The van der Waals surface area contributed by atoms with Crippen molar-refractivity contribution in [2.45, 2.75) is 32.7 Å². The quantitative estimate of drug-likeness (QED) is 0.786. The van der Waals surface area contributed by atoms with Gasteiger partial charge in [-0.1, -0.05) is 6.07 Å². The Morgan fingerprint density at radius 3 is 2.82 bits per heavy atom. The summed E-state index contributed by atoms with van der Waals surface area (Å²) >= 11 is 0. The minimum absolute atomic E-state index is 0.256. The van der Waals surface area contributed by atoms with Crippen molar-refractivity contribution in [2.24, 2.45) is 0 Å². The average Bonchev–Trinajstić information content (AvgIpc) is 2.29. The molecule has 0 N–H and O–H groups in total. The van der Waals surface area contributed by atoms with Crippen molar-refractivity contribution in [3.8, 4) is 5.75 Å². The number of hydrogen-bond donors (Lipinski definition) is 0. The van der Waals surface area contributed by atoms with Gasteiger partial charge in [0.2, 0.25) is 0 Å². The van der Waals surface area contributed by atoms with E-state index in [2.05, 4.69) is 24.8 Å². The van der Waals surface area contributed by atoms with Gasteiger partial charge in [0.1, 0.15) is 11.5 Å². The van der Waals surface area contributed by atoms with Gasteiger partial charge in [0, 0.05) is 25.4 Å². The van der Waals surface area contributed by atoms with Gasteiger partial charge < -0.3 is 9.64 Å². The highest BCUT2D eigenvalue weighted by molar-refractivity contribution is 5.82. The van der Waals surface area contributed by atoms with Crippen LogP contribution < -0.4 is 9.64 Å². The fraction of sp³-hybridized carbons (Fsp3) is 0.500. The molecule has 1 saturated heterocycles. The van der Waals surface area contributed by atoms with Crippen LogP contribution in [0.25, 0.3) is 0 Å². The van der Waals surface area contributed by atoms with E-state index in [1.165, 1.54) is 5.56 Å². The lowest BCUT2D eigenvalue weighted by Crippen LogP contribution is -2.41.